The molecule has 0 aliphatic heterocycles. The van der Waals surface area contributed by atoms with E-state index < -0.39 is 22.0 Å². The number of aryl methyl sites for hydroxylation is 1. The van der Waals surface area contributed by atoms with Gasteiger partial charge in [0.15, 0.2) is 0 Å². The van der Waals surface area contributed by atoms with Crippen molar-refractivity contribution in [2.75, 3.05) is 6.54 Å². The first-order valence-corrected chi connectivity index (χ1v) is 12.0. The van der Waals surface area contributed by atoms with E-state index in [1.807, 2.05) is 20.8 Å². The highest BCUT2D eigenvalue weighted by atomic mass is 32.2. The van der Waals surface area contributed by atoms with Crippen molar-refractivity contribution in [3.8, 4) is 11.4 Å². The number of nitrogens with one attached hydrogen (secondary N) is 2. The first kappa shape index (κ1) is 24.8. The van der Waals surface area contributed by atoms with Crippen molar-refractivity contribution < 1.29 is 22.5 Å². The van der Waals surface area contributed by atoms with E-state index in [2.05, 4.69) is 25.2 Å². The smallest absolute Gasteiger partial charge is 0.321 e. The molecule has 0 aliphatic rings. The molecule has 3 amide bonds. The minimum atomic E-state index is -4.10. The Morgan fingerprint density at radius 1 is 1.18 bits per heavy atom. The SMILES string of the molecule is CCNC(=O)NC(=O)Cn1ccc(-c2noc(C(C)C)n2)cc1=NS(=O)(=O)c1ccc(C)cc1. The van der Waals surface area contributed by atoms with Gasteiger partial charge in [-0.3, -0.25) is 10.1 Å². The maximum absolute atomic E-state index is 13.0. The third kappa shape index (κ3) is 6.16. The Morgan fingerprint density at radius 2 is 1.88 bits per heavy atom. The molecule has 0 bridgehead atoms. The summed E-state index contributed by atoms with van der Waals surface area (Å²) < 4.78 is 36.4. The average Bonchev–Trinajstić information content (AvgIpc) is 3.26. The van der Waals surface area contributed by atoms with Crippen molar-refractivity contribution in [1.82, 2.24) is 25.3 Å². The topological polar surface area (TPSA) is 149 Å². The van der Waals surface area contributed by atoms with E-state index in [4.69, 9.17) is 4.52 Å². The van der Waals surface area contributed by atoms with Gasteiger partial charge in [-0.05, 0) is 38.1 Å². The van der Waals surface area contributed by atoms with Crippen LogP contribution in [-0.4, -0.2) is 41.6 Å². The Kier molecular flexibility index (Phi) is 7.61. The number of urea groups is 1. The zero-order chi connectivity index (χ0) is 24.9. The number of benzene rings is 1. The summed E-state index contributed by atoms with van der Waals surface area (Å²) in [5.74, 6) is 0.0547. The molecule has 3 rings (SSSR count). The van der Waals surface area contributed by atoms with Crippen molar-refractivity contribution in [2.45, 2.75) is 45.1 Å². The number of amides is 3. The van der Waals surface area contributed by atoms with E-state index in [-0.39, 0.29) is 28.7 Å². The van der Waals surface area contributed by atoms with E-state index in [1.54, 1.807) is 25.1 Å². The fourth-order valence-corrected chi connectivity index (χ4v) is 3.86. The lowest BCUT2D eigenvalue weighted by atomic mass is 10.2. The number of rotatable bonds is 7. The molecule has 2 N–H and O–H groups in total. The van der Waals surface area contributed by atoms with Gasteiger partial charge in [-0.25, -0.2) is 4.79 Å². The largest absolute Gasteiger partial charge is 0.339 e. The van der Waals surface area contributed by atoms with Crippen LogP contribution in [0.15, 0.2) is 56.4 Å². The summed E-state index contributed by atoms with van der Waals surface area (Å²) in [5.41, 5.74) is 1.31. The zero-order valence-electron chi connectivity index (χ0n) is 19.3. The summed E-state index contributed by atoms with van der Waals surface area (Å²) in [6, 6.07) is 8.64. The number of carbonyl (C=O) groups is 2. The molecule has 11 nitrogen and oxygen atoms in total. The van der Waals surface area contributed by atoms with Crippen molar-refractivity contribution in [3.63, 3.8) is 0 Å². The minimum Gasteiger partial charge on any atom is -0.339 e. The van der Waals surface area contributed by atoms with Crippen LogP contribution < -0.4 is 16.1 Å². The second-order valence-corrected chi connectivity index (χ2v) is 9.40. The van der Waals surface area contributed by atoms with Crippen LogP contribution in [0.3, 0.4) is 0 Å². The monoisotopic (exact) mass is 486 g/mol. The summed E-state index contributed by atoms with van der Waals surface area (Å²) in [7, 11) is -4.10. The van der Waals surface area contributed by atoms with Crippen molar-refractivity contribution >= 4 is 22.0 Å². The number of pyridine rings is 1. The minimum absolute atomic E-state index is 0.00323. The second-order valence-electron chi connectivity index (χ2n) is 7.80. The van der Waals surface area contributed by atoms with Crippen molar-refractivity contribution in [1.29, 1.82) is 0 Å². The van der Waals surface area contributed by atoms with Crippen molar-refractivity contribution in [2.24, 2.45) is 4.40 Å². The highest BCUT2D eigenvalue weighted by Crippen LogP contribution is 2.18. The first-order chi connectivity index (χ1) is 16.1. The fraction of sp³-hybridized carbons (Fsp3) is 0.318. The molecule has 2 aromatic heterocycles. The normalized spacial score (nSPS) is 12.1. The lowest BCUT2D eigenvalue weighted by molar-refractivity contribution is -0.120. The number of sulfonamides is 1. The lowest BCUT2D eigenvalue weighted by Crippen LogP contribution is -2.42. The molecule has 12 heteroatoms. The van der Waals surface area contributed by atoms with E-state index in [1.165, 1.54) is 29.0 Å². The van der Waals surface area contributed by atoms with Gasteiger partial charge >= 0.3 is 6.03 Å². The number of carbonyl (C=O) groups excluding carboxylic acids is 2. The van der Waals surface area contributed by atoms with Crippen molar-refractivity contribution in [3.05, 3.63) is 59.5 Å². The summed E-state index contributed by atoms with van der Waals surface area (Å²) in [6.45, 7) is 7.36. The molecule has 0 spiro atoms. The van der Waals surface area contributed by atoms with Gasteiger partial charge in [0, 0.05) is 24.2 Å². The van der Waals surface area contributed by atoms with Crippen LogP contribution in [0.2, 0.25) is 0 Å². The Labute approximate surface area is 197 Å². The van der Waals surface area contributed by atoms with Gasteiger partial charge in [0.25, 0.3) is 10.0 Å². The summed E-state index contributed by atoms with van der Waals surface area (Å²) in [6.07, 6.45) is 1.47. The van der Waals surface area contributed by atoms with Gasteiger partial charge in [0.1, 0.15) is 12.0 Å². The average molecular weight is 487 g/mol. The number of nitrogens with zero attached hydrogens (tertiary/aromatic N) is 4. The Bertz CT molecular complexity index is 1360. The van der Waals surface area contributed by atoms with Crippen LogP contribution in [0.25, 0.3) is 11.4 Å². The van der Waals surface area contributed by atoms with Crippen LogP contribution in [-0.2, 0) is 21.4 Å². The first-order valence-electron chi connectivity index (χ1n) is 10.6. The number of aromatic nitrogens is 3. The third-order valence-electron chi connectivity index (χ3n) is 4.64. The molecular weight excluding hydrogens is 460 g/mol. The molecule has 1 aromatic carbocycles. The van der Waals surface area contributed by atoms with Crippen LogP contribution in [0.1, 0.15) is 38.1 Å². The van der Waals surface area contributed by atoms with Gasteiger partial charge in [-0.2, -0.15) is 13.4 Å². The second kappa shape index (κ2) is 10.4. The van der Waals surface area contributed by atoms with Crippen LogP contribution in [0.5, 0.6) is 0 Å². The molecule has 0 aliphatic carbocycles. The quantitative estimate of drug-likeness (QED) is 0.519. The molecule has 3 aromatic rings. The van der Waals surface area contributed by atoms with Crippen LogP contribution in [0.4, 0.5) is 4.79 Å². The highest BCUT2D eigenvalue weighted by Gasteiger charge is 2.16. The van der Waals surface area contributed by atoms with E-state index in [9.17, 15) is 18.0 Å². The molecule has 0 unspecified atom stereocenters. The van der Waals surface area contributed by atoms with E-state index in [0.29, 0.717) is 18.0 Å². The predicted octanol–water partition coefficient (Wildman–Crippen LogP) is 2.11. The predicted molar refractivity (Wildman–Crippen MR) is 123 cm³/mol. The van der Waals surface area contributed by atoms with E-state index in [0.717, 1.165) is 5.56 Å². The summed E-state index contributed by atoms with van der Waals surface area (Å²) in [5, 5.41) is 8.58. The lowest BCUT2D eigenvalue weighted by Gasteiger charge is -2.09. The maximum atomic E-state index is 13.0. The summed E-state index contributed by atoms with van der Waals surface area (Å²) >= 11 is 0. The van der Waals surface area contributed by atoms with Crippen LogP contribution in [0, 0.1) is 6.92 Å². The molecule has 0 saturated carbocycles. The Morgan fingerprint density at radius 3 is 2.50 bits per heavy atom. The van der Waals surface area contributed by atoms with E-state index >= 15 is 0 Å². The van der Waals surface area contributed by atoms with Gasteiger partial charge in [-0.15, -0.1) is 4.40 Å². The Hall–Kier alpha value is -3.80. The molecule has 2 heterocycles. The molecular formula is C22H26N6O5S. The van der Waals surface area contributed by atoms with Gasteiger partial charge in [0.05, 0.1) is 4.90 Å². The van der Waals surface area contributed by atoms with Gasteiger partial charge < -0.3 is 14.4 Å². The molecule has 0 fully saturated rings. The molecule has 34 heavy (non-hydrogen) atoms. The maximum Gasteiger partial charge on any atom is 0.321 e. The molecule has 180 valence electrons. The number of imide groups is 1. The fourth-order valence-electron chi connectivity index (χ4n) is 2.87. The standard InChI is InChI=1S/C22H26N6O5S/c1-5-23-22(30)24-19(29)13-28-11-10-16(20-25-21(14(2)3)33-26-20)12-18(28)27-34(31,32)17-8-6-15(4)7-9-17/h6-12,14H,5,13H2,1-4H3,(H2,23,24,29,30). The number of hydrogen-bond acceptors (Lipinski definition) is 7. The number of hydrogen-bond donors (Lipinski definition) is 2. The van der Waals surface area contributed by atoms with Gasteiger partial charge in [0.2, 0.25) is 17.6 Å². The molecule has 0 saturated heterocycles. The highest BCUT2D eigenvalue weighted by molar-refractivity contribution is 7.90. The zero-order valence-corrected chi connectivity index (χ0v) is 20.1. The Balaban J connectivity index is 2.06. The third-order valence-corrected chi connectivity index (χ3v) is 5.94. The van der Waals surface area contributed by atoms with Gasteiger partial charge in [-0.1, -0.05) is 36.7 Å². The summed E-state index contributed by atoms with van der Waals surface area (Å²) in [4.78, 5) is 28.3. The van der Waals surface area contributed by atoms with Crippen LogP contribution >= 0.6 is 0 Å². The molecule has 0 atom stereocenters. The molecule has 0 radical (unpaired) electrons.